The molecular weight excluding hydrogens is 448 g/mol. The summed E-state index contributed by atoms with van der Waals surface area (Å²) in [6.07, 6.45) is 25.0. The van der Waals surface area contributed by atoms with Gasteiger partial charge in [0.15, 0.2) is 0 Å². The smallest absolute Gasteiger partial charge is 0.322 e. The minimum absolute atomic E-state index is 0.166. The van der Waals surface area contributed by atoms with Gasteiger partial charge in [-0.15, -0.1) is 0 Å². The molecule has 0 aromatic heterocycles. The summed E-state index contributed by atoms with van der Waals surface area (Å²) in [4.78, 5) is 29.3. The third kappa shape index (κ3) is 14.6. The number of methoxy groups -OCH3 is 1. The third-order valence-corrected chi connectivity index (χ3v) is 8.10. The van der Waals surface area contributed by atoms with Crippen molar-refractivity contribution in [1.82, 2.24) is 9.80 Å². The fourth-order valence-corrected chi connectivity index (χ4v) is 5.53. The van der Waals surface area contributed by atoms with Crippen LogP contribution >= 0.6 is 0 Å². The standard InChI is InChI=1S/C31H60N2O3/c1-5-7-9-10-11-12-13-14-15-16-17-18-19-20-21-22-30(34)33(25-8-6-2)29-23-26-32(27-24-29)28(3)31(35)36-4/h28-29H,5-27H2,1-4H3. The fourth-order valence-electron chi connectivity index (χ4n) is 5.53. The number of ether oxygens (including phenoxy) is 1. The molecule has 0 saturated carbocycles. The average molecular weight is 509 g/mol. The molecule has 1 unspecified atom stereocenters. The van der Waals surface area contributed by atoms with Crippen LogP contribution in [0.1, 0.15) is 149 Å². The summed E-state index contributed by atoms with van der Waals surface area (Å²) in [5.74, 6) is 0.179. The molecule has 36 heavy (non-hydrogen) atoms. The Bertz CT molecular complexity index is 546. The zero-order valence-electron chi connectivity index (χ0n) is 24.5. The van der Waals surface area contributed by atoms with E-state index in [9.17, 15) is 9.59 Å². The van der Waals surface area contributed by atoms with Crippen LogP contribution < -0.4 is 0 Å². The van der Waals surface area contributed by atoms with Crippen LogP contribution in [0.3, 0.4) is 0 Å². The molecule has 1 amide bonds. The van der Waals surface area contributed by atoms with E-state index in [0.29, 0.717) is 18.4 Å². The Balaban J connectivity index is 2.14. The van der Waals surface area contributed by atoms with E-state index in [1.807, 2.05) is 6.92 Å². The number of unbranched alkanes of at least 4 members (excludes halogenated alkanes) is 15. The first kappa shape index (κ1) is 32.9. The highest BCUT2D eigenvalue weighted by Gasteiger charge is 2.31. The second-order valence-electron chi connectivity index (χ2n) is 11.1. The molecule has 1 atom stereocenters. The van der Waals surface area contributed by atoms with Crippen LogP contribution in [0.25, 0.3) is 0 Å². The van der Waals surface area contributed by atoms with Gasteiger partial charge < -0.3 is 9.64 Å². The van der Waals surface area contributed by atoms with E-state index in [1.165, 1.54) is 97.0 Å². The molecule has 0 N–H and O–H groups in total. The van der Waals surface area contributed by atoms with E-state index in [4.69, 9.17) is 4.74 Å². The average Bonchev–Trinajstić information content (AvgIpc) is 2.90. The molecule has 0 aliphatic carbocycles. The van der Waals surface area contributed by atoms with Crippen LogP contribution in [0.2, 0.25) is 0 Å². The molecule has 5 nitrogen and oxygen atoms in total. The first-order valence-electron chi connectivity index (χ1n) is 15.7. The normalized spacial score (nSPS) is 15.7. The maximum Gasteiger partial charge on any atom is 0.322 e. The summed E-state index contributed by atoms with van der Waals surface area (Å²) in [7, 11) is 1.45. The Kier molecular flexibility index (Phi) is 20.1. The first-order valence-corrected chi connectivity index (χ1v) is 15.7. The molecule has 0 spiro atoms. The van der Waals surface area contributed by atoms with Gasteiger partial charge in [-0.05, 0) is 32.6 Å². The van der Waals surface area contributed by atoms with Crippen molar-refractivity contribution in [3.63, 3.8) is 0 Å². The molecule has 0 bridgehead atoms. The summed E-state index contributed by atoms with van der Waals surface area (Å²) in [6, 6.07) is 0.123. The molecule has 0 radical (unpaired) electrons. The largest absolute Gasteiger partial charge is 0.468 e. The van der Waals surface area contributed by atoms with Crippen LogP contribution in [0.4, 0.5) is 0 Å². The number of nitrogens with zero attached hydrogens (tertiary/aromatic N) is 2. The molecule has 1 fully saturated rings. The van der Waals surface area contributed by atoms with Gasteiger partial charge in [0.05, 0.1) is 7.11 Å². The number of carbonyl (C=O) groups is 2. The SMILES string of the molecule is CCCCCCCCCCCCCCCCCC(=O)N(CCCC)C1CCN(C(C)C(=O)OC)CC1. The fraction of sp³-hybridized carbons (Fsp3) is 0.935. The highest BCUT2D eigenvalue weighted by Crippen LogP contribution is 2.21. The van der Waals surface area contributed by atoms with Crippen LogP contribution in [-0.4, -0.2) is 60.5 Å². The van der Waals surface area contributed by atoms with Gasteiger partial charge in [-0.25, -0.2) is 0 Å². The van der Waals surface area contributed by atoms with Gasteiger partial charge in [0, 0.05) is 32.1 Å². The van der Waals surface area contributed by atoms with Crippen molar-refractivity contribution in [2.75, 3.05) is 26.7 Å². The number of carbonyl (C=O) groups excluding carboxylic acids is 2. The summed E-state index contributed by atoms with van der Waals surface area (Å²) in [5, 5.41) is 0. The van der Waals surface area contributed by atoms with Crippen LogP contribution in [0.5, 0.6) is 0 Å². The van der Waals surface area contributed by atoms with Crippen LogP contribution in [0, 0.1) is 0 Å². The molecular formula is C31H60N2O3. The van der Waals surface area contributed by atoms with Gasteiger partial charge in [-0.1, -0.05) is 110 Å². The van der Waals surface area contributed by atoms with Gasteiger partial charge in [0.1, 0.15) is 6.04 Å². The number of rotatable bonds is 22. The number of hydrogen-bond donors (Lipinski definition) is 0. The van der Waals surface area contributed by atoms with Gasteiger partial charge in [-0.2, -0.15) is 0 Å². The van der Waals surface area contributed by atoms with E-state index in [1.54, 1.807) is 0 Å². The highest BCUT2D eigenvalue weighted by atomic mass is 16.5. The zero-order valence-corrected chi connectivity index (χ0v) is 24.5. The van der Waals surface area contributed by atoms with Crippen LogP contribution in [-0.2, 0) is 14.3 Å². The molecule has 1 rings (SSSR count). The molecule has 0 aromatic carbocycles. The second-order valence-corrected chi connectivity index (χ2v) is 11.1. The summed E-state index contributed by atoms with van der Waals surface area (Å²) in [5.41, 5.74) is 0. The number of hydrogen-bond acceptors (Lipinski definition) is 4. The van der Waals surface area contributed by atoms with Gasteiger partial charge in [-0.3, -0.25) is 14.5 Å². The Morgan fingerprint density at radius 3 is 1.64 bits per heavy atom. The maximum atomic E-state index is 13.1. The Morgan fingerprint density at radius 1 is 0.750 bits per heavy atom. The molecule has 212 valence electrons. The van der Waals surface area contributed by atoms with E-state index >= 15 is 0 Å². The zero-order chi connectivity index (χ0) is 26.4. The highest BCUT2D eigenvalue weighted by molar-refractivity contribution is 5.76. The Morgan fingerprint density at radius 2 is 1.19 bits per heavy atom. The molecule has 1 saturated heterocycles. The van der Waals surface area contributed by atoms with E-state index < -0.39 is 0 Å². The molecule has 1 heterocycles. The quantitative estimate of drug-likeness (QED) is 0.110. The lowest BCUT2D eigenvalue weighted by molar-refractivity contribution is -0.147. The lowest BCUT2D eigenvalue weighted by atomic mass is 10.00. The van der Waals surface area contributed by atoms with Crippen molar-refractivity contribution in [2.45, 2.75) is 161 Å². The summed E-state index contributed by atoms with van der Waals surface area (Å²) in [6.45, 7) is 8.99. The predicted octanol–water partition coefficient (Wildman–Crippen LogP) is 7.90. The van der Waals surface area contributed by atoms with Gasteiger partial charge >= 0.3 is 5.97 Å². The van der Waals surface area contributed by atoms with Gasteiger partial charge in [0.25, 0.3) is 0 Å². The minimum atomic E-state index is -0.198. The summed E-state index contributed by atoms with van der Waals surface area (Å²) >= 11 is 0. The first-order chi connectivity index (χ1) is 17.5. The maximum absolute atomic E-state index is 13.1. The van der Waals surface area contributed by atoms with Crippen molar-refractivity contribution in [3.8, 4) is 0 Å². The summed E-state index contributed by atoms with van der Waals surface area (Å²) < 4.78 is 4.90. The number of likely N-dealkylation sites (tertiary alicyclic amines) is 1. The van der Waals surface area contributed by atoms with E-state index in [-0.39, 0.29) is 12.0 Å². The number of amides is 1. The molecule has 5 heteroatoms. The predicted molar refractivity (Wildman–Crippen MR) is 152 cm³/mol. The van der Waals surface area contributed by atoms with Crippen molar-refractivity contribution < 1.29 is 14.3 Å². The topological polar surface area (TPSA) is 49.9 Å². The molecule has 1 aliphatic rings. The Labute approximate surface area is 224 Å². The molecule has 1 aliphatic heterocycles. The minimum Gasteiger partial charge on any atom is -0.468 e. The lowest BCUT2D eigenvalue weighted by Crippen LogP contribution is -2.51. The number of piperidine rings is 1. The van der Waals surface area contributed by atoms with Crippen molar-refractivity contribution in [1.29, 1.82) is 0 Å². The monoisotopic (exact) mass is 508 g/mol. The van der Waals surface area contributed by atoms with E-state index in [0.717, 1.165) is 51.7 Å². The van der Waals surface area contributed by atoms with Crippen molar-refractivity contribution >= 4 is 11.9 Å². The third-order valence-electron chi connectivity index (χ3n) is 8.10. The van der Waals surface area contributed by atoms with Crippen molar-refractivity contribution in [3.05, 3.63) is 0 Å². The van der Waals surface area contributed by atoms with Crippen LogP contribution in [0.15, 0.2) is 0 Å². The van der Waals surface area contributed by atoms with Gasteiger partial charge in [0.2, 0.25) is 5.91 Å². The second kappa shape index (κ2) is 21.9. The van der Waals surface area contributed by atoms with Crippen molar-refractivity contribution in [2.24, 2.45) is 0 Å². The lowest BCUT2D eigenvalue weighted by Gasteiger charge is -2.40. The van der Waals surface area contributed by atoms with E-state index in [2.05, 4.69) is 23.6 Å². The Hall–Kier alpha value is -1.10. The molecule has 0 aromatic rings. The number of esters is 1.